The molecule has 0 radical (unpaired) electrons. The van der Waals surface area contributed by atoms with E-state index in [9.17, 15) is 9.18 Å². The van der Waals surface area contributed by atoms with E-state index in [0.29, 0.717) is 24.6 Å². The van der Waals surface area contributed by atoms with E-state index in [4.69, 9.17) is 9.26 Å². The standard InChI is InChI=1S/C19H18FN3O3/c1-13-6-8-14(9-7-13)25-12-17(24)21-11-10-18-22-19(23-26-18)15-4-2-3-5-16(15)20/h2-9H,10-12H2,1H3,(H,21,24). The van der Waals surface area contributed by atoms with E-state index in [-0.39, 0.29) is 23.9 Å². The molecule has 3 rings (SSSR count). The SMILES string of the molecule is Cc1ccc(OCC(=O)NCCc2nc(-c3ccccc3F)no2)cc1. The first-order valence-corrected chi connectivity index (χ1v) is 8.15. The highest BCUT2D eigenvalue weighted by Gasteiger charge is 2.12. The van der Waals surface area contributed by atoms with Crippen LogP contribution in [0.5, 0.6) is 5.75 Å². The zero-order valence-electron chi connectivity index (χ0n) is 14.2. The lowest BCUT2D eigenvalue weighted by Gasteiger charge is -2.06. The predicted molar refractivity (Wildman–Crippen MR) is 93.1 cm³/mol. The third kappa shape index (κ3) is 4.66. The van der Waals surface area contributed by atoms with Gasteiger partial charge in [-0.25, -0.2) is 4.39 Å². The summed E-state index contributed by atoms with van der Waals surface area (Å²) in [5.74, 6) is 0.480. The third-order valence-electron chi connectivity index (χ3n) is 3.63. The number of benzene rings is 2. The fraction of sp³-hybridized carbons (Fsp3) is 0.211. The number of ether oxygens (including phenoxy) is 1. The van der Waals surface area contributed by atoms with Crippen LogP contribution < -0.4 is 10.1 Å². The summed E-state index contributed by atoms with van der Waals surface area (Å²) in [6.07, 6.45) is 0.345. The lowest BCUT2D eigenvalue weighted by atomic mass is 10.2. The van der Waals surface area contributed by atoms with Crippen LogP contribution >= 0.6 is 0 Å². The minimum absolute atomic E-state index is 0.0760. The fourth-order valence-electron chi connectivity index (χ4n) is 2.25. The number of rotatable bonds is 7. The second-order valence-electron chi connectivity index (χ2n) is 5.69. The first kappa shape index (κ1) is 17.6. The van der Waals surface area contributed by atoms with Gasteiger partial charge in [-0.2, -0.15) is 4.98 Å². The van der Waals surface area contributed by atoms with Gasteiger partial charge in [0.1, 0.15) is 11.6 Å². The van der Waals surface area contributed by atoms with Gasteiger partial charge in [0, 0.05) is 13.0 Å². The van der Waals surface area contributed by atoms with Crippen LogP contribution in [0.2, 0.25) is 0 Å². The Hall–Kier alpha value is -3.22. The number of nitrogens with zero attached hydrogens (tertiary/aromatic N) is 2. The number of carbonyl (C=O) groups is 1. The molecule has 7 heteroatoms. The fourth-order valence-corrected chi connectivity index (χ4v) is 2.25. The molecule has 1 heterocycles. The van der Waals surface area contributed by atoms with Crippen LogP contribution in [-0.2, 0) is 11.2 Å². The lowest BCUT2D eigenvalue weighted by Crippen LogP contribution is -2.30. The summed E-state index contributed by atoms with van der Waals surface area (Å²) in [5, 5.41) is 6.47. The Bertz CT molecular complexity index is 878. The first-order valence-electron chi connectivity index (χ1n) is 8.15. The number of nitrogens with one attached hydrogen (secondary N) is 1. The van der Waals surface area contributed by atoms with Crippen LogP contribution in [0.3, 0.4) is 0 Å². The van der Waals surface area contributed by atoms with Crippen LogP contribution in [0, 0.1) is 12.7 Å². The Morgan fingerprint density at radius 2 is 1.96 bits per heavy atom. The van der Waals surface area contributed by atoms with Crippen LogP contribution in [-0.4, -0.2) is 29.2 Å². The van der Waals surface area contributed by atoms with Crippen molar-refractivity contribution >= 4 is 5.91 Å². The van der Waals surface area contributed by atoms with E-state index in [1.54, 1.807) is 18.2 Å². The second-order valence-corrected chi connectivity index (χ2v) is 5.69. The molecule has 0 saturated carbocycles. The van der Waals surface area contributed by atoms with Crippen molar-refractivity contribution in [2.24, 2.45) is 0 Å². The zero-order valence-corrected chi connectivity index (χ0v) is 14.2. The summed E-state index contributed by atoms with van der Waals surface area (Å²) >= 11 is 0. The average Bonchev–Trinajstić information content (AvgIpc) is 3.10. The molecule has 0 aliphatic carbocycles. The highest BCUT2D eigenvalue weighted by Crippen LogP contribution is 2.19. The Kier molecular flexibility index (Phi) is 5.58. The van der Waals surface area contributed by atoms with Gasteiger partial charge in [-0.05, 0) is 31.2 Å². The average molecular weight is 355 g/mol. The minimum atomic E-state index is -0.415. The summed E-state index contributed by atoms with van der Waals surface area (Å²) in [6, 6.07) is 13.6. The molecule has 0 atom stereocenters. The molecule has 0 aliphatic heterocycles. The van der Waals surface area contributed by atoms with E-state index in [0.717, 1.165) is 5.56 Å². The summed E-state index contributed by atoms with van der Waals surface area (Å²) in [4.78, 5) is 15.9. The summed E-state index contributed by atoms with van der Waals surface area (Å²) < 4.78 is 24.2. The van der Waals surface area contributed by atoms with Crippen molar-refractivity contribution in [2.75, 3.05) is 13.2 Å². The number of amides is 1. The molecule has 1 aromatic heterocycles. The van der Waals surface area contributed by atoms with Crippen molar-refractivity contribution in [3.8, 4) is 17.1 Å². The van der Waals surface area contributed by atoms with Gasteiger partial charge < -0.3 is 14.6 Å². The molecule has 6 nitrogen and oxygen atoms in total. The van der Waals surface area contributed by atoms with E-state index in [1.165, 1.54) is 6.07 Å². The van der Waals surface area contributed by atoms with Gasteiger partial charge in [-0.1, -0.05) is 35.0 Å². The Morgan fingerprint density at radius 1 is 1.19 bits per heavy atom. The van der Waals surface area contributed by atoms with Gasteiger partial charge >= 0.3 is 0 Å². The molecule has 0 unspecified atom stereocenters. The van der Waals surface area contributed by atoms with E-state index >= 15 is 0 Å². The molecular formula is C19H18FN3O3. The highest BCUT2D eigenvalue weighted by atomic mass is 19.1. The topological polar surface area (TPSA) is 77.2 Å². The molecule has 26 heavy (non-hydrogen) atoms. The summed E-state index contributed by atoms with van der Waals surface area (Å²) in [7, 11) is 0. The van der Waals surface area contributed by atoms with Crippen molar-refractivity contribution in [3.05, 3.63) is 65.8 Å². The zero-order chi connectivity index (χ0) is 18.4. The van der Waals surface area contributed by atoms with E-state index < -0.39 is 5.82 Å². The highest BCUT2D eigenvalue weighted by molar-refractivity contribution is 5.77. The number of aryl methyl sites for hydroxylation is 1. The largest absolute Gasteiger partial charge is 0.484 e. The van der Waals surface area contributed by atoms with Crippen LogP contribution in [0.15, 0.2) is 53.1 Å². The molecule has 3 aromatic rings. The van der Waals surface area contributed by atoms with Crippen LogP contribution in [0.1, 0.15) is 11.5 Å². The quantitative estimate of drug-likeness (QED) is 0.705. The Balaban J connectivity index is 1.44. The lowest BCUT2D eigenvalue weighted by molar-refractivity contribution is -0.123. The maximum absolute atomic E-state index is 13.7. The number of halogens is 1. The Labute approximate surface area is 150 Å². The predicted octanol–water partition coefficient (Wildman–Crippen LogP) is 2.92. The van der Waals surface area contributed by atoms with Gasteiger partial charge in [0.25, 0.3) is 5.91 Å². The van der Waals surface area contributed by atoms with E-state index in [2.05, 4.69) is 15.5 Å². The Morgan fingerprint density at radius 3 is 2.73 bits per heavy atom. The maximum atomic E-state index is 13.7. The molecule has 134 valence electrons. The summed E-state index contributed by atoms with van der Waals surface area (Å²) in [5.41, 5.74) is 1.40. The van der Waals surface area contributed by atoms with Gasteiger partial charge in [0.05, 0.1) is 5.56 Å². The van der Waals surface area contributed by atoms with Crippen molar-refractivity contribution < 1.29 is 18.4 Å². The van der Waals surface area contributed by atoms with E-state index in [1.807, 2.05) is 31.2 Å². The second kappa shape index (κ2) is 8.24. The molecule has 0 saturated heterocycles. The smallest absolute Gasteiger partial charge is 0.257 e. The molecule has 0 fully saturated rings. The van der Waals surface area contributed by atoms with Crippen molar-refractivity contribution in [2.45, 2.75) is 13.3 Å². The van der Waals surface area contributed by atoms with Crippen molar-refractivity contribution in [3.63, 3.8) is 0 Å². The third-order valence-corrected chi connectivity index (χ3v) is 3.63. The number of hydrogen-bond donors (Lipinski definition) is 1. The monoisotopic (exact) mass is 355 g/mol. The van der Waals surface area contributed by atoms with Crippen molar-refractivity contribution in [1.29, 1.82) is 0 Å². The van der Waals surface area contributed by atoms with Gasteiger partial charge in [-0.15, -0.1) is 0 Å². The van der Waals surface area contributed by atoms with Gasteiger partial charge in [-0.3, -0.25) is 4.79 Å². The molecular weight excluding hydrogens is 337 g/mol. The molecule has 1 N–H and O–H groups in total. The number of hydrogen-bond acceptors (Lipinski definition) is 5. The first-order chi connectivity index (χ1) is 12.6. The van der Waals surface area contributed by atoms with Gasteiger partial charge in [0.2, 0.25) is 11.7 Å². The molecule has 1 amide bonds. The minimum Gasteiger partial charge on any atom is -0.484 e. The summed E-state index contributed by atoms with van der Waals surface area (Å²) in [6.45, 7) is 2.22. The van der Waals surface area contributed by atoms with Crippen LogP contribution in [0.25, 0.3) is 11.4 Å². The molecule has 2 aromatic carbocycles. The molecule has 0 bridgehead atoms. The number of carbonyl (C=O) groups excluding carboxylic acids is 1. The maximum Gasteiger partial charge on any atom is 0.257 e. The van der Waals surface area contributed by atoms with Gasteiger partial charge in [0.15, 0.2) is 6.61 Å². The normalized spacial score (nSPS) is 10.5. The van der Waals surface area contributed by atoms with Crippen molar-refractivity contribution in [1.82, 2.24) is 15.5 Å². The molecule has 0 spiro atoms. The molecule has 0 aliphatic rings. The number of aromatic nitrogens is 2. The van der Waals surface area contributed by atoms with Crippen LogP contribution in [0.4, 0.5) is 4.39 Å².